The summed E-state index contributed by atoms with van der Waals surface area (Å²) >= 11 is -1.15. The Kier molecular flexibility index (Phi) is 14.9. The first-order valence-corrected chi connectivity index (χ1v) is 11.8. The second-order valence-electron chi connectivity index (χ2n) is 4.33. The maximum atomic E-state index is 8.24. The average Bonchev–Trinajstić information content (AvgIpc) is 2.20. The van der Waals surface area contributed by atoms with E-state index < -0.39 is 13.6 Å². The van der Waals surface area contributed by atoms with Gasteiger partial charge in [0.05, 0.1) is 0 Å². The van der Waals surface area contributed by atoms with Crippen LogP contribution in [0.3, 0.4) is 0 Å². The molecule has 0 rings (SSSR count). The molecule has 0 radical (unpaired) electrons. The molecule has 0 aromatic rings. The molecule has 0 N–H and O–H groups in total. The fourth-order valence-electron chi connectivity index (χ4n) is 2.57. The van der Waals surface area contributed by atoms with Crippen LogP contribution in [-0.4, -0.2) is 19.6 Å². The van der Waals surface area contributed by atoms with Gasteiger partial charge in [-0.15, -0.1) is 0 Å². The van der Waals surface area contributed by atoms with Gasteiger partial charge in [0.25, 0.3) is 0 Å². The topological polar surface area (TPSA) is 39.4 Å². The van der Waals surface area contributed by atoms with Gasteiger partial charge in [0.2, 0.25) is 0 Å². The zero-order valence-corrected chi connectivity index (χ0v) is 13.3. The smallest absolute Gasteiger partial charge is 0.0159 e. The number of hydrogen-bond donors (Lipinski definition) is 0. The summed E-state index contributed by atoms with van der Waals surface area (Å²) in [6.45, 7) is 9.49. The first-order valence-electron chi connectivity index (χ1n) is 6.52. The molecule has 0 saturated heterocycles. The zero-order chi connectivity index (χ0) is 12.9. The van der Waals surface area contributed by atoms with Crippen LogP contribution in [0.5, 0.6) is 0 Å². The summed E-state index contributed by atoms with van der Waals surface area (Å²) in [5.74, 6) is 0. The number of carbonyl (C=O) groups excluding carboxylic acids is 1. The van der Waals surface area contributed by atoms with Gasteiger partial charge in [-0.1, -0.05) is 0 Å². The molecular formula is C13H28AsNO. The van der Waals surface area contributed by atoms with Gasteiger partial charge in [-0.3, -0.25) is 4.79 Å². The molecule has 0 aromatic carbocycles. The predicted octanol–water partition coefficient (Wildman–Crippen LogP) is 4.97. The van der Waals surface area contributed by atoms with Crippen molar-refractivity contribution in [2.75, 3.05) is 0 Å². The molecule has 0 bridgehead atoms. The molecule has 0 heterocycles. The third-order valence-electron chi connectivity index (χ3n) is 2.79. The second-order valence-corrected chi connectivity index (χ2v) is 13.7. The fourth-order valence-corrected chi connectivity index (χ4v) is 13.3. The summed E-state index contributed by atoms with van der Waals surface area (Å²) in [5.41, 5.74) is 0. The minimum Gasteiger partial charge on any atom is -0.724 e. The Balaban J connectivity index is 0. The van der Waals surface area contributed by atoms with Crippen LogP contribution in [0.1, 0.15) is 53.4 Å². The molecule has 0 saturated carbocycles. The molecule has 0 unspecified atom stereocenters. The molecule has 3 heteroatoms. The van der Waals surface area contributed by atoms with Crippen molar-refractivity contribution < 1.29 is 4.79 Å². The van der Waals surface area contributed by atoms with Crippen LogP contribution in [0.4, 0.5) is 0 Å². The van der Waals surface area contributed by atoms with E-state index >= 15 is 0 Å². The van der Waals surface area contributed by atoms with Crippen LogP contribution in [0, 0.1) is 0 Å². The zero-order valence-electron chi connectivity index (χ0n) is 11.5. The largest absolute Gasteiger partial charge is 0.724 e. The van der Waals surface area contributed by atoms with Gasteiger partial charge in [0.1, 0.15) is 0 Å². The van der Waals surface area contributed by atoms with Gasteiger partial charge in [-0.05, 0) is 6.08 Å². The van der Waals surface area contributed by atoms with E-state index in [0.717, 1.165) is 0 Å². The Hall–Kier alpha value is -0.0616. The molecule has 96 valence electrons. The van der Waals surface area contributed by atoms with Crippen molar-refractivity contribution in [3.63, 3.8) is 0 Å². The normalized spacial score (nSPS) is 10.2. The summed E-state index contributed by atoms with van der Waals surface area (Å²) < 4.78 is 0. The van der Waals surface area contributed by atoms with E-state index in [4.69, 9.17) is 10.2 Å². The van der Waals surface area contributed by atoms with Gasteiger partial charge in [0.15, 0.2) is 0 Å². The molecule has 2 nitrogen and oxygen atoms in total. The van der Waals surface area contributed by atoms with Crippen molar-refractivity contribution in [1.82, 2.24) is 0 Å². The van der Waals surface area contributed by atoms with E-state index in [1.54, 1.807) is 20.8 Å². The maximum absolute atomic E-state index is 8.24. The van der Waals surface area contributed by atoms with E-state index in [1.807, 2.05) is 0 Å². The Labute approximate surface area is 104 Å². The Morgan fingerprint density at radius 1 is 0.812 bits per heavy atom. The number of isocyanates is 1. The van der Waals surface area contributed by atoms with Crippen molar-refractivity contribution in [2.45, 2.75) is 74.2 Å². The predicted molar refractivity (Wildman–Crippen MR) is 75.2 cm³/mol. The summed E-state index contributed by atoms with van der Waals surface area (Å²) in [6.07, 6.45) is 6.25. The van der Waals surface area contributed by atoms with Gasteiger partial charge < -0.3 is 5.41 Å². The third kappa shape index (κ3) is 9.19. The quantitative estimate of drug-likeness (QED) is 0.353. The minimum atomic E-state index is -1.15. The monoisotopic (exact) mass is 289 g/mol. The van der Waals surface area contributed by atoms with Crippen LogP contribution in [0.2, 0.25) is 20.8 Å². The Bertz CT molecular complexity index is 147. The van der Waals surface area contributed by atoms with E-state index in [0.29, 0.717) is 6.08 Å². The number of nitrogens with zero attached hydrogens (tertiary/aromatic N) is 1. The van der Waals surface area contributed by atoms with E-state index in [9.17, 15) is 0 Å². The first kappa shape index (κ1) is 18.3. The van der Waals surface area contributed by atoms with Crippen molar-refractivity contribution in [2.24, 2.45) is 0 Å². The standard InChI is InChI=1S/C12H28As.CNO/c1-5-9-13(10-6-2,11-7-3)12-8-4;2-1-3/h5-12H2,1-4H3;/q+1;-1. The number of hydrogen-bond acceptors (Lipinski definition) is 1. The molecule has 0 aliphatic carbocycles. The third-order valence-corrected chi connectivity index (χ3v) is 14.5. The van der Waals surface area contributed by atoms with Crippen molar-refractivity contribution in [1.29, 1.82) is 0 Å². The summed E-state index contributed by atoms with van der Waals surface area (Å²) in [5, 5.41) is 13.2. The molecule has 0 aliphatic rings. The van der Waals surface area contributed by atoms with E-state index in [-0.39, 0.29) is 0 Å². The van der Waals surface area contributed by atoms with Gasteiger partial charge >= 0.3 is 87.8 Å². The van der Waals surface area contributed by atoms with E-state index in [2.05, 4.69) is 27.7 Å². The van der Waals surface area contributed by atoms with E-state index in [1.165, 1.54) is 25.7 Å². The SMILES string of the molecule is CCC[As+](CCC)(CCC)CCC.[N-]=C=O. The van der Waals surface area contributed by atoms with Crippen LogP contribution < -0.4 is 0 Å². The molecule has 0 aromatic heterocycles. The molecule has 0 aliphatic heterocycles. The summed E-state index contributed by atoms with van der Waals surface area (Å²) in [6, 6.07) is 0. The van der Waals surface area contributed by atoms with Crippen molar-refractivity contribution in [3.8, 4) is 0 Å². The fraction of sp³-hybridized carbons (Fsp3) is 0.923. The Morgan fingerprint density at radius 3 is 1.12 bits per heavy atom. The maximum Gasteiger partial charge on any atom is -0.0159 e. The molecule has 0 fully saturated rings. The number of rotatable bonds is 8. The van der Waals surface area contributed by atoms with Gasteiger partial charge in [-0.25, -0.2) is 0 Å². The van der Waals surface area contributed by atoms with Crippen molar-refractivity contribution in [3.05, 3.63) is 5.41 Å². The van der Waals surface area contributed by atoms with Crippen LogP contribution >= 0.6 is 0 Å². The summed E-state index contributed by atoms with van der Waals surface area (Å²) in [7, 11) is 0. The molecule has 0 atom stereocenters. The average molecular weight is 289 g/mol. The minimum absolute atomic E-state index is 0.500. The van der Waals surface area contributed by atoms with Gasteiger partial charge in [0, 0.05) is 0 Å². The molecule has 0 spiro atoms. The second kappa shape index (κ2) is 13.0. The molecule has 0 amide bonds. The molecular weight excluding hydrogens is 261 g/mol. The van der Waals surface area contributed by atoms with Crippen LogP contribution in [0.25, 0.3) is 5.41 Å². The Morgan fingerprint density at radius 2 is 1.00 bits per heavy atom. The van der Waals surface area contributed by atoms with Gasteiger partial charge in [-0.2, -0.15) is 0 Å². The summed E-state index contributed by atoms with van der Waals surface area (Å²) in [4.78, 5) is 8.24. The van der Waals surface area contributed by atoms with Crippen LogP contribution in [0.15, 0.2) is 0 Å². The van der Waals surface area contributed by atoms with Crippen molar-refractivity contribution >= 4 is 19.6 Å². The molecule has 16 heavy (non-hydrogen) atoms. The first-order chi connectivity index (χ1) is 7.66. The van der Waals surface area contributed by atoms with Crippen LogP contribution in [-0.2, 0) is 4.79 Å².